The lowest BCUT2D eigenvalue weighted by atomic mass is 10.1. The van der Waals surface area contributed by atoms with Crippen molar-refractivity contribution < 1.29 is 4.79 Å². The summed E-state index contributed by atoms with van der Waals surface area (Å²) in [5, 5.41) is 6.83. The summed E-state index contributed by atoms with van der Waals surface area (Å²) in [4.78, 5) is 13.6. The zero-order valence-corrected chi connectivity index (χ0v) is 10.4. The van der Waals surface area contributed by atoms with E-state index in [0.717, 1.165) is 12.1 Å². The molecule has 1 aromatic rings. The number of nitrogens with two attached hydrogens (primary N) is 1. The van der Waals surface area contributed by atoms with Gasteiger partial charge in [-0.1, -0.05) is 20.8 Å². The molecule has 0 saturated heterocycles. The second kappa shape index (κ2) is 5.01. The Balaban J connectivity index is 2.92. The van der Waals surface area contributed by atoms with Crippen LogP contribution < -0.4 is 5.73 Å². The Kier molecular flexibility index (Phi) is 3.93. The van der Waals surface area contributed by atoms with Gasteiger partial charge < -0.3 is 10.6 Å². The third-order valence-electron chi connectivity index (χ3n) is 2.52. The highest BCUT2D eigenvalue weighted by Crippen LogP contribution is 2.22. The van der Waals surface area contributed by atoms with E-state index in [0.29, 0.717) is 17.9 Å². The van der Waals surface area contributed by atoms with Crippen molar-refractivity contribution >= 4 is 11.6 Å². The van der Waals surface area contributed by atoms with Gasteiger partial charge in [0.1, 0.15) is 0 Å². The molecule has 1 aromatic heterocycles. The second-order valence-corrected chi connectivity index (χ2v) is 4.28. The number of H-pyrrole nitrogens is 1. The van der Waals surface area contributed by atoms with E-state index in [4.69, 9.17) is 5.73 Å². The molecule has 5 nitrogen and oxygen atoms in total. The van der Waals surface area contributed by atoms with Gasteiger partial charge in [0, 0.05) is 13.6 Å². The molecule has 0 aromatic carbocycles. The fourth-order valence-corrected chi connectivity index (χ4v) is 1.59. The Morgan fingerprint density at radius 1 is 1.56 bits per heavy atom. The number of aromatic nitrogens is 2. The lowest BCUT2D eigenvalue weighted by molar-refractivity contribution is 0.0790. The van der Waals surface area contributed by atoms with Crippen molar-refractivity contribution in [2.75, 3.05) is 19.3 Å². The van der Waals surface area contributed by atoms with Gasteiger partial charge in [0.25, 0.3) is 5.91 Å². The maximum absolute atomic E-state index is 12.0. The fourth-order valence-electron chi connectivity index (χ4n) is 1.59. The van der Waals surface area contributed by atoms with Crippen molar-refractivity contribution in [3.63, 3.8) is 0 Å². The molecule has 0 unspecified atom stereocenters. The molecular weight excluding hydrogens is 204 g/mol. The number of aromatic amines is 1. The summed E-state index contributed by atoms with van der Waals surface area (Å²) < 4.78 is 0. The van der Waals surface area contributed by atoms with Crippen molar-refractivity contribution in [3.05, 3.63) is 11.4 Å². The highest BCUT2D eigenvalue weighted by molar-refractivity contribution is 5.97. The number of hydrogen-bond acceptors (Lipinski definition) is 3. The Hall–Kier alpha value is -1.52. The maximum atomic E-state index is 12.0. The van der Waals surface area contributed by atoms with Gasteiger partial charge in [-0.25, -0.2) is 0 Å². The van der Waals surface area contributed by atoms with Gasteiger partial charge in [-0.05, 0) is 12.3 Å². The molecule has 0 aliphatic carbocycles. The Labute approximate surface area is 96.0 Å². The topological polar surface area (TPSA) is 75.0 Å². The van der Waals surface area contributed by atoms with Gasteiger partial charge in [-0.3, -0.25) is 9.89 Å². The number of anilines is 1. The van der Waals surface area contributed by atoms with Crippen molar-refractivity contribution in [2.45, 2.75) is 33.1 Å². The van der Waals surface area contributed by atoms with Crippen LogP contribution in [0.5, 0.6) is 0 Å². The quantitative estimate of drug-likeness (QED) is 0.815. The van der Waals surface area contributed by atoms with E-state index < -0.39 is 0 Å². The van der Waals surface area contributed by atoms with Crippen LogP contribution >= 0.6 is 0 Å². The summed E-state index contributed by atoms with van der Waals surface area (Å²) in [6.07, 6.45) is 0.920. The predicted molar refractivity (Wildman–Crippen MR) is 64.3 cm³/mol. The third kappa shape index (κ3) is 2.35. The summed E-state index contributed by atoms with van der Waals surface area (Å²) in [7, 11) is 1.76. The molecule has 5 heteroatoms. The molecule has 0 atom stereocenters. The number of nitrogen functional groups attached to an aromatic ring is 1. The van der Waals surface area contributed by atoms with Crippen LogP contribution in [0, 0.1) is 0 Å². The van der Waals surface area contributed by atoms with Gasteiger partial charge in [-0.2, -0.15) is 5.10 Å². The SMILES string of the molecule is CCCN(C)C(=O)c1n[nH]c(C(C)C)c1N. The van der Waals surface area contributed by atoms with E-state index in [9.17, 15) is 4.79 Å². The standard InChI is InChI=1S/C11H20N4O/c1-5-6-15(4)11(16)10-8(12)9(7(2)3)13-14-10/h7H,5-6,12H2,1-4H3,(H,13,14). The molecule has 0 spiro atoms. The smallest absolute Gasteiger partial charge is 0.276 e. The van der Waals surface area contributed by atoms with Crippen LogP contribution in [0.2, 0.25) is 0 Å². The first-order valence-corrected chi connectivity index (χ1v) is 5.58. The molecule has 90 valence electrons. The van der Waals surface area contributed by atoms with E-state index in [-0.39, 0.29) is 11.8 Å². The normalized spacial score (nSPS) is 10.8. The number of hydrogen-bond donors (Lipinski definition) is 2. The molecule has 3 N–H and O–H groups in total. The zero-order valence-electron chi connectivity index (χ0n) is 10.4. The molecule has 0 radical (unpaired) electrons. The largest absolute Gasteiger partial charge is 0.395 e. The Bertz CT molecular complexity index is 370. The highest BCUT2D eigenvalue weighted by atomic mass is 16.2. The summed E-state index contributed by atoms with van der Waals surface area (Å²) in [5.74, 6) is 0.119. The summed E-state index contributed by atoms with van der Waals surface area (Å²) in [6.45, 7) is 6.75. The summed E-state index contributed by atoms with van der Waals surface area (Å²) in [5.41, 5.74) is 7.53. The first-order chi connectivity index (χ1) is 7.49. The number of carbonyl (C=O) groups is 1. The minimum Gasteiger partial charge on any atom is -0.395 e. The van der Waals surface area contributed by atoms with Crippen LogP contribution in [0.3, 0.4) is 0 Å². The lowest BCUT2D eigenvalue weighted by Gasteiger charge is -2.14. The summed E-state index contributed by atoms with van der Waals surface area (Å²) >= 11 is 0. The van der Waals surface area contributed by atoms with E-state index >= 15 is 0 Å². The molecule has 0 saturated carbocycles. The second-order valence-electron chi connectivity index (χ2n) is 4.28. The van der Waals surface area contributed by atoms with Gasteiger partial charge in [-0.15, -0.1) is 0 Å². The maximum Gasteiger partial charge on any atom is 0.276 e. The van der Waals surface area contributed by atoms with Crippen molar-refractivity contribution in [3.8, 4) is 0 Å². The van der Waals surface area contributed by atoms with E-state index in [2.05, 4.69) is 10.2 Å². The van der Waals surface area contributed by atoms with E-state index in [1.807, 2.05) is 20.8 Å². The first kappa shape index (κ1) is 12.5. The zero-order chi connectivity index (χ0) is 12.3. The molecule has 0 aliphatic rings. The Morgan fingerprint density at radius 2 is 2.19 bits per heavy atom. The van der Waals surface area contributed by atoms with E-state index in [1.54, 1.807) is 11.9 Å². The number of carbonyl (C=O) groups excluding carboxylic acids is 1. The number of amides is 1. The average Bonchev–Trinajstić information content (AvgIpc) is 2.59. The minimum absolute atomic E-state index is 0.123. The highest BCUT2D eigenvalue weighted by Gasteiger charge is 2.21. The van der Waals surface area contributed by atoms with Crippen molar-refractivity contribution in [2.24, 2.45) is 0 Å². The fraction of sp³-hybridized carbons (Fsp3) is 0.636. The molecule has 0 bridgehead atoms. The van der Waals surface area contributed by atoms with Gasteiger partial charge >= 0.3 is 0 Å². The first-order valence-electron chi connectivity index (χ1n) is 5.58. The monoisotopic (exact) mass is 224 g/mol. The lowest BCUT2D eigenvalue weighted by Crippen LogP contribution is -2.28. The molecule has 1 amide bonds. The molecule has 1 heterocycles. The van der Waals surface area contributed by atoms with E-state index in [1.165, 1.54) is 0 Å². The number of nitrogens with zero attached hydrogens (tertiary/aromatic N) is 2. The van der Waals surface area contributed by atoms with Crippen LogP contribution in [0.15, 0.2) is 0 Å². The van der Waals surface area contributed by atoms with Crippen molar-refractivity contribution in [1.82, 2.24) is 15.1 Å². The van der Waals surface area contributed by atoms with Crippen LogP contribution in [-0.2, 0) is 0 Å². The van der Waals surface area contributed by atoms with Crippen LogP contribution in [-0.4, -0.2) is 34.6 Å². The van der Waals surface area contributed by atoms with Crippen LogP contribution in [0.4, 0.5) is 5.69 Å². The number of rotatable bonds is 4. The Morgan fingerprint density at radius 3 is 2.62 bits per heavy atom. The predicted octanol–water partition coefficient (Wildman–Crippen LogP) is 1.60. The molecule has 0 aliphatic heterocycles. The third-order valence-corrected chi connectivity index (χ3v) is 2.52. The minimum atomic E-state index is -0.123. The van der Waals surface area contributed by atoms with Gasteiger partial charge in [0.05, 0.1) is 11.4 Å². The number of nitrogens with one attached hydrogen (secondary N) is 1. The average molecular weight is 224 g/mol. The van der Waals surface area contributed by atoms with Crippen molar-refractivity contribution in [1.29, 1.82) is 0 Å². The summed E-state index contributed by atoms with van der Waals surface area (Å²) in [6, 6.07) is 0. The molecule has 1 rings (SSSR count). The molecular formula is C11H20N4O. The molecule has 0 fully saturated rings. The van der Waals surface area contributed by atoms with Gasteiger partial charge in [0.15, 0.2) is 5.69 Å². The van der Waals surface area contributed by atoms with Crippen LogP contribution in [0.25, 0.3) is 0 Å². The van der Waals surface area contributed by atoms with Crippen LogP contribution in [0.1, 0.15) is 49.3 Å². The molecule has 16 heavy (non-hydrogen) atoms. The van der Waals surface area contributed by atoms with Gasteiger partial charge in [0.2, 0.25) is 0 Å².